The molecule has 0 aliphatic carbocycles. The highest BCUT2D eigenvalue weighted by atomic mass is 32.1. The van der Waals surface area contributed by atoms with Gasteiger partial charge in [-0.25, -0.2) is 9.97 Å². The van der Waals surface area contributed by atoms with Crippen molar-refractivity contribution in [3.63, 3.8) is 0 Å². The Labute approximate surface area is 168 Å². The van der Waals surface area contributed by atoms with Crippen molar-refractivity contribution in [3.8, 4) is 0 Å². The molecule has 28 heavy (non-hydrogen) atoms. The predicted octanol–water partition coefficient (Wildman–Crippen LogP) is 5.21. The number of pyridine rings is 1. The molecule has 0 aliphatic heterocycles. The standard InChI is InChI=1S/C23H21N3OS/c27-22(18-11-5-2-6-12-18)20(23-25-15-16-28-23)21(17-9-3-1-4-10-17)26-19-13-7-8-14-24-19/h1-16,20-22,27H,(H,24,26). The first-order chi connectivity index (χ1) is 13.8. The normalized spacial score (nSPS) is 14.2. The maximum absolute atomic E-state index is 11.4. The number of anilines is 1. The third kappa shape index (κ3) is 4.11. The Morgan fingerprint density at radius 3 is 2.04 bits per heavy atom. The molecule has 0 radical (unpaired) electrons. The topological polar surface area (TPSA) is 58.0 Å². The molecule has 0 spiro atoms. The molecule has 2 aromatic carbocycles. The lowest BCUT2D eigenvalue weighted by molar-refractivity contribution is 0.135. The fourth-order valence-corrected chi connectivity index (χ4v) is 4.17. The van der Waals surface area contributed by atoms with Crippen LogP contribution < -0.4 is 5.32 Å². The summed E-state index contributed by atoms with van der Waals surface area (Å²) in [6, 6.07) is 25.5. The second-order valence-electron chi connectivity index (χ2n) is 6.50. The van der Waals surface area contributed by atoms with Gasteiger partial charge < -0.3 is 10.4 Å². The van der Waals surface area contributed by atoms with E-state index in [9.17, 15) is 5.11 Å². The molecule has 3 atom stereocenters. The fraction of sp³-hybridized carbons (Fsp3) is 0.130. The lowest BCUT2D eigenvalue weighted by Crippen LogP contribution is -2.25. The van der Waals surface area contributed by atoms with Crippen molar-refractivity contribution < 1.29 is 5.11 Å². The van der Waals surface area contributed by atoms with E-state index in [0.717, 1.165) is 22.0 Å². The molecule has 0 aliphatic rings. The van der Waals surface area contributed by atoms with E-state index in [1.165, 1.54) is 0 Å². The van der Waals surface area contributed by atoms with Gasteiger partial charge in [0.1, 0.15) is 10.8 Å². The summed E-state index contributed by atoms with van der Waals surface area (Å²) in [6.07, 6.45) is 2.83. The van der Waals surface area contributed by atoms with E-state index in [0.29, 0.717) is 0 Å². The Hall–Kier alpha value is -3.02. The van der Waals surface area contributed by atoms with Gasteiger partial charge in [-0.15, -0.1) is 11.3 Å². The number of nitrogens with one attached hydrogen (secondary N) is 1. The summed E-state index contributed by atoms with van der Waals surface area (Å²) in [5, 5.41) is 17.7. The number of aromatic nitrogens is 2. The first-order valence-corrected chi connectivity index (χ1v) is 10.1. The van der Waals surface area contributed by atoms with Crippen molar-refractivity contribution in [2.45, 2.75) is 18.1 Å². The van der Waals surface area contributed by atoms with Gasteiger partial charge >= 0.3 is 0 Å². The van der Waals surface area contributed by atoms with Crippen LogP contribution in [0.4, 0.5) is 5.82 Å². The minimum atomic E-state index is -0.714. The monoisotopic (exact) mass is 387 g/mol. The predicted molar refractivity (Wildman–Crippen MR) is 113 cm³/mol. The number of rotatable bonds is 7. The van der Waals surface area contributed by atoms with Crippen LogP contribution in [0.5, 0.6) is 0 Å². The molecule has 3 unspecified atom stereocenters. The van der Waals surface area contributed by atoms with Crippen LogP contribution in [-0.2, 0) is 0 Å². The van der Waals surface area contributed by atoms with Crippen molar-refractivity contribution in [2.24, 2.45) is 0 Å². The quantitative estimate of drug-likeness (QED) is 0.457. The fourth-order valence-electron chi connectivity index (χ4n) is 3.36. The van der Waals surface area contributed by atoms with Crippen LogP contribution >= 0.6 is 11.3 Å². The van der Waals surface area contributed by atoms with Gasteiger partial charge in [-0.2, -0.15) is 0 Å². The number of thiazole rings is 1. The van der Waals surface area contributed by atoms with Gasteiger partial charge in [0.05, 0.1) is 18.1 Å². The minimum absolute atomic E-state index is 0.197. The van der Waals surface area contributed by atoms with E-state index in [1.807, 2.05) is 72.1 Å². The van der Waals surface area contributed by atoms with E-state index >= 15 is 0 Å². The number of benzene rings is 2. The molecular weight excluding hydrogens is 366 g/mol. The third-order valence-electron chi connectivity index (χ3n) is 4.70. The van der Waals surface area contributed by atoms with Crippen LogP contribution in [0.25, 0.3) is 0 Å². The first kappa shape index (κ1) is 18.3. The number of aliphatic hydroxyl groups excluding tert-OH is 1. The van der Waals surface area contributed by atoms with Gasteiger partial charge in [0.15, 0.2) is 0 Å². The van der Waals surface area contributed by atoms with Crippen LogP contribution in [0.2, 0.25) is 0 Å². The maximum atomic E-state index is 11.4. The average Bonchev–Trinajstić information content (AvgIpc) is 3.29. The maximum Gasteiger partial charge on any atom is 0.126 e. The Bertz CT molecular complexity index is 963. The highest BCUT2D eigenvalue weighted by molar-refractivity contribution is 7.09. The molecule has 0 fully saturated rings. The summed E-state index contributed by atoms with van der Waals surface area (Å²) in [4.78, 5) is 8.98. The van der Waals surface area contributed by atoms with Crippen LogP contribution in [0.1, 0.15) is 34.2 Å². The number of aliphatic hydroxyl groups is 1. The van der Waals surface area contributed by atoms with Crippen molar-refractivity contribution in [2.75, 3.05) is 5.32 Å². The third-order valence-corrected chi connectivity index (χ3v) is 5.58. The van der Waals surface area contributed by atoms with E-state index < -0.39 is 6.10 Å². The van der Waals surface area contributed by atoms with E-state index in [2.05, 4.69) is 27.4 Å². The highest BCUT2D eigenvalue weighted by Gasteiger charge is 2.34. The van der Waals surface area contributed by atoms with Crippen LogP contribution in [0, 0.1) is 0 Å². The molecule has 0 amide bonds. The molecule has 140 valence electrons. The smallest absolute Gasteiger partial charge is 0.126 e. The van der Waals surface area contributed by atoms with Crippen LogP contribution in [0.3, 0.4) is 0 Å². The molecule has 2 aromatic heterocycles. The lowest BCUT2D eigenvalue weighted by Gasteiger charge is -2.31. The number of hydrogen-bond donors (Lipinski definition) is 2. The molecule has 4 nitrogen and oxygen atoms in total. The molecule has 0 bridgehead atoms. The molecule has 2 N–H and O–H groups in total. The average molecular weight is 388 g/mol. The molecule has 5 heteroatoms. The molecule has 4 rings (SSSR count). The van der Waals surface area contributed by atoms with Crippen LogP contribution in [0.15, 0.2) is 96.6 Å². The van der Waals surface area contributed by atoms with E-state index in [1.54, 1.807) is 23.7 Å². The molecule has 0 saturated heterocycles. The molecule has 2 heterocycles. The second-order valence-corrected chi connectivity index (χ2v) is 7.43. The summed E-state index contributed by atoms with van der Waals surface area (Å²) < 4.78 is 0. The summed E-state index contributed by atoms with van der Waals surface area (Å²) >= 11 is 1.56. The van der Waals surface area contributed by atoms with Gasteiger partial charge in [0, 0.05) is 17.8 Å². The van der Waals surface area contributed by atoms with Crippen molar-refractivity contribution in [1.29, 1.82) is 0 Å². The summed E-state index contributed by atoms with van der Waals surface area (Å²) in [5.74, 6) is 0.491. The first-order valence-electron chi connectivity index (χ1n) is 9.18. The zero-order valence-electron chi connectivity index (χ0n) is 15.2. The molecule has 0 saturated carbocycles. The number of nitrogens with zero attached hydrogens (tertiary/aromatic N) is 2. The van der Waals surface area contributed by atoms with E-state index in [-0.39, 0.29) is 12.0 Å². The van der Waals surface area contributed by atoms with Crippen LogP contribution in [-0.4, -0.2) is 15.1 Å². The molecule has 4 aromatic rings. The Morgan fingerprint density at radius 1 is 0.750 bits per heavy atom. The van der Waals surface area contributed by atoms with Crippen molar-refractivity contribution in [3.05, 3.63) is 113 Å². The Balaban J connectivity index is 1.79. The summed E-state index contributed by atoms with van der Waals surface area (Å²) in [6.45, 7) is 0. The highest BCUT2D eigenvalue weighted by Crippen LogP contribution is 2.43. The van der Waals surface area contributed by atoms with Gasteiger partial charge in [-0.3, -0.25) is 0 Å². The van der Waals surface area contributed by atoms with Gasteiger partial charge in [0.25, 0.3) is 0 Å². The second kappa shape index (κ2) is 8.78. The lowest BCUT2D eigenvalue weighted by atomic mass is 9.85. The Kier molecular flexibility index (Phi) is 5.75. The zero-order valence-corrected chi connectivity index (χ0v) is 16.0. The van der Waals surface area contributed by atoms with Crippen molar-refractivity contribution in [1.82, 2.24) is 9.97 Å². The van der Waals surface area contributed by atoms with E-state index in [4.69, 9.17) is 0 Å². The SMILES string of the molecule is OC(c1ccccc1)C(c1nccs1)C(Nc1ccccn1)c1ccccc1. The van der Waals surface area contributed by atoms with Crippen molar-refractivity contribution >= 4 is 17.2 Å². The largest absolute Gasteiger partial charge is 0.388 e. The number of hydrogen-bond acceptors (Lipinski definition) is 5. The van der Waals surface area contributed by atoms with Gasteiger partial charge in [0.2, 0.25) is 0 Å². The summed E-state index contributed by atoms with van der Waals surface area (Å²) in [7, 11) is 0. The Morgan fingerprint density at radius 2 is 1.43 bits per heavy atom. The van der Waals surface area contributed by atoms with Gasteiger partial charge in [-0.05, 0) is 23.3 Å². The summed E-state index contributed by atoms with van der Waals surface area (Å²) in [5.41, 5.74) is 1.94. The minimum Gasteiger partial charge on any atom is -0.388 e. The molecular formula is C23H21N3OS. The zero-order chi connectivity index (χ0) is 19.2. The van der Waals surface area contributed by atoms with Gasteiger partial charge in [-0.1, -0.05) is 66.7 Å².